The lowest BCUT2D eigenvalue weighted by molar-refractivity contribution is -0.126. The monoisotopic (exact) mass is 483 g/mol. The highest BCUT2D eigenvalue weighted by Gasteiger charge is 2.34. The van der Waals surface area contributed by atoms with Crippen molar-refractivity contribution in [1.29, 1.82) is 0 Å². The van der Waals surface area contributed by atoms with Gasteiger partial charge in [-0.3, -0.25) is 4.79 Å². The van der Waals surface area contributed by atoms with E-state index in [-0.39, 0.29) is 35.4 Å². The van der Waals surface area contributed by atoms with E-state index in [1.807, 2.05) is 19.1 Å². The number of sulfonamides is 1. The normalized spacial score (nSPS) is 15.4. The Hall–Kier alpha value is -3.17. The van der Waals surface area contributed by atoms with Crippen LogP contribution in [-0.4, -0.2) is 49.8 Å². The Morgan fingerprint density at radius 3 is 2.53 bits per heavy atom. The average Bonchev–Trinajstić information content (AvgIpc) is 3.14. The van der Waals surface area contributed by atoms with E-state index in [0.717, 1.165) is 22.2 Å². The van der Waals surface area contributed by atoms with Crippen molar-refractivity contribution >= 4 is 32.8 Å². The molecular weight excluding hydrogens is 454 g/mol. The van der Waals surface area contributed by atoms with Gasteiger partial charge in [-0.2, -0.15) is 4.31 Å². The molecule has 2 aromatic carbocycles. The summed E-state index contributed by atoms with van der Waals surface area (Å²) >= 11 is 0. The van der Waals surface area contributed by atoms with Crippen LogP contribution in [-0.2, 0) is 26.1 Å². The van der Waals surface area contributed by atoms with Crippen molar-refractivity contribution in [3.8, 4) is 0 Å². The van der Waals surface area contributed by atoms with E-state index in [0.29, 0.717) is 19.4 Å². The van der Waals surface area contributed by atoms with Gasteiger partial charge in [0.05, 0.1) is 17.6 Å². The number of fused-ring (bicyclic) bond motifs is 1. The fourth-order valence-corrected chi connectivity index (χ4v) is 6.07. The van der Waals surface area contributed by atoms with Crippen molar-refractivity contribution in [3.63, 3.8) is 0 Å². The van der Waals surface area contributed by atoms with Crippen molar-refractivity contribution in [2.45, 2.75) is 38.1 Å². The molecule has 1 amide bonds. The summed E-state index contributed by atoms with van der Waals surface area (Å²) in [6.07, 6.45) is 0.835. The minimum absolute atomic E-state index is 0.00897. The van der Waals surface area contributed by atoms with Crippen LogP contribution in [0.15, 0.2) is 47.4 Å². The van der Waals surface area contributed by atoms with Gasteiger partial charge in [0.15, 0.2) is 0 Å². The molecule has 9 heteroatoms. The molecule has 8 nitrogen and oxygen atoms in total. The summed E-state index contributed by atoms with van der Waals surface area (Å²) in [6.45, 7) is 4.95. The summed E-state index contributed by atoms with van der Waals surface area (Å²) in [6, 6.07) is 12.1. The first-order chi connectivity index (χ1) is 16.2. The van der Waals surface area contributed by atoms with Gasteiger partial charge in [-0.05, 0) is 62.1 Å². The first-order valence-corrected chi connectivity index (χ1v) is 12.7. The molecule has 1 aliphatic rings. The number of aromatic amines is 1. The molecule has 1 saturated heterocycles. The number of piperidine rings is 1. The number of benzene rings is 2. The van der Waals surface area contributed by atoms with Crippen LogP contribution in [0.5, 0.6) is 0 Å². The van der Waals surface area contributed by atoms with E-state index in [1.165, 1.54) is 29.1 Å². The average molecular weight is 484 g/mol. The molecule has 1 fully saturated rings. The Bertz CT molecular complexity index is 1340. The molecule has 0 aliphatic carbocycles. The largest absolute Gasteiger partial charge is 0.465 e. The van der Waals surface area contributed by atoms with Crippen LogP contribution in [0.3, 0.4) is 0 Å². The second-order valence-electron chi connectivity index (χ2n) is 8.64. The minimum atomic E-state index is -3.88. The van der Waals surface area contributed by atoms with E-state index in [9.17, 15) is 18.0 Å². The molecule has 0 spiro atoms. The molecule has 0 bridgehead atoms. The number of nitrogens with zero attached hydrogens (tertiary/aromatic N) is 1. The van der Waals surface area contributed by atoms with E-state index >= 15 is 0 Å². The molecule has 2 N–H and O–H groups in total. The van der Waals surface area contributed by atoms with E-state index in [1.54, 1.807) is 12.1 Å². The van der Waals surface area contributed by atoms with Crippen molar-refractivity contribution in [2.75, 3.05) is 20.2 Å². The van der Waals surface area contributed by atoms with Gasteiger partial charge in [0.25, 0.3) is 0 Å². The second kappa shape index (κ2) is 9.60. The van der Waals surface area contributed by atoms with Gasteiger partial charge in [-0.15, -0.1) is 0 Å². The molecule has 1 aliphatic heterocycles. The second-order valence-corrected chi connectivity index (χ2v) is 10.5. The first-order valence-electron chi connectivity index (χ1n) is 11.3. The van der Waals surface area contributed by atoms with Crippen molar-refractivity contribution < 1.29 is 22.7 Å². The highest BCUT2D eigenvalue weighted by atomic mass is 32.2. The van der Waals surface area contributed by atoms with Crippen molar-refractivity contribution in [3.05, 3.63) is 64.8 Å². The highest BCUT2D eigenvalue weighted by molar-refractivity contribution is 7.89. The molecule has 4 rings (SSSR count). The lowest BCUT2D eigenvalue weighted by Crippen LogP contribution is -2.43. The molecule has 0 unspecified atom stereocenters. The number of methoxy groups -OCH3 is 1. The first kappa shape index (κ1) is 24.0. The molecule has 34 heavy (non-hydrogen) atoms. The Labute approximate surface area is 199 Å². The number of carbonyl (C=O) groups is 2. The Morgan fingerprint density at radius 1 is 1.12 bits per heavy atom. The fraction of sp³-hybridized carbons (Fsp3) is 0.360. The highest BCUT2D eigenvalue weighted by Crippen LogP contribution is 2.27. The van der Waals surface area contributed by atoms with Gasteiger partial charge in [-0.1, -0.05) is 18.2 Å². The Kier molecular flexibility index (Phi) is 6.77. The Morgan fingerprint density at radius 2 is 1.82 bits per heavy atom. The zero-order chi connectivity index (χ0) is 24.5. The number of amides is 1. The molecule has 0 saturated carbocycles. The van der Waals surface area contributed by atoms with E-state index in [2.05, 4.69) is 23.3 Å². The maximum atomic E-state index is 13.2. The van der Waals surface area contributed by atoms with E-state index in [4.69, 9.17) is 4.74 Å². The number of nitrogens with one attached hydrogen (secondary N) is 2. The van der Waals surface area contributed by atoms with Crippen molar-refractivity contribution in [1.82, 2.24) is 14.6 Å². The van der Waals surface area contributed by atoms with Crippen LogP contribution < -0.4 is 5.32 Å². The van der Waals surface area contributed by atoms with Crippen LogP contribution in [0.25, 0.3) is 10.9 Å². The molecule has 3 aromatic rings. The zero-order valence-corrected chi connectivity index (χ0v) is 20.4. The molecule has 180 valence electrons. The minimum Gasteiger partial charge on any atom is -0.465 e. The van der Waals surface area contributed by atoms with Crippen molar-refractivity contribution in [2.24, 2.45) is 5.92 Å². The third kappa shape index (κ3) is 4.58. The number of aromatic nitrogens is 1. The van der Waals surface area contributed by atoms with Gasteiger partial charge in [-0.25, -0.2) is 13.2 Å². The predicted molar refractivity (Wildman–Crippen MR) is 129 cm³/mol. The number of carbonyl (C=O) groups excluding carboxylic acids is 2. The smallest absolute Gasteiger partial charge is 0.339 e. The summed E-state index contributed by atoms with van der Waals surface area (Å²) in [5, 5.41) is 4.15. The zero-order valence-electron chi connectivity index (χ0n) is 19.6. The standard InChI is InChI=1S/C25H29N3O5S/c1-16-17(2)27-22-9-8-18(14-21(16)22)15-26-24(29)19-10-12-28(13-11-19)34(31,32)23-7-5-4-6-20(23)25(30)33-3/h4-9,14,19,27H,10-13,15H2,1-3H3,(H,26,29). The molecule has 0 atom stereocenters. The third-order valence-corrected chi connectivity index (χ3v) is 8.53. The summed E-state index contributed by atoms with van der Waals surface area (Å²) in [5.41, 5.74) is 4.43. The maximum Gasteiger partial charge on any atom is 0.339 e. The number of hydrogen-bond acceptors (Lipinski definition) is 5. The summed E-state index contributed by atoms with van der Waals surface area (Å²) in [4.78, 5) is 28.1. The summed E-state index contributed by atoms with van der Waals surface area (Å²) in [5.74, 6) is -1.03. The van der Waals surface area contributed by atoms with Crippen LogP contribution in [0.1, 0.15) is 40.0 Å². The number of esters is 1. The SMILES string of the molecule is COC(=O)c1ccccc1S(=O)(=O)N1CCC(C(=O)NCc2ccc3[nH]c(C)c(C)c3c2)CC1. The topological polar surface area (TPSA) is 109 Å². The van der Waals surface area contributed by atoms with Crippen LogP contribution in [0, 0.1) is 19.8 Å². The van der Waals surface area contributed by atoms with Crippen LogP contribution >= 0.6 is 0 Å². The molecule has 1 aromatic heterocycles. The third-order valence-electron chi connectivity index (χ3n) is 6.57. The summed E-state index contributed by atoms with van der Waals surface area (Å²) in [7, 11) is -2.66. The quantitative estimate of drug-likeness (QED) is 0.523. The number of H-pyrrole nitrogens is 1. The summed E-state index contributed by atoms with van der Waals surface area (Å²) < 4.78 is 32.4. The number of rotatable bonds is 6. The van der Waals surface area contributed by atoms with Gasteiger partial charge >= 0.3 is 5.97 Å². The van der Waals surface area contributed by atoms with Crippen LogP contribution in [0.2, 0.25) is 0 Å². The van der Waals surface area contributed by atoms with Gasteiger partial charge in [0, 0.05) is 42.1 Å². The lowest BCUT2D eigenvalue weighted by Gasteiger charge is -2.31. The van der Waals surface area contributed by atoms with Gasteiger partial charge < -0.3 is 15.0 Å². The van der Waals surface area contributed by atoms with Gasteiger partial charge in [0.1, 0.15) is 0 Å². The number of ether oxygens (including phenoxy) is 1. The maximum absolute atomic E-state index is 13.2. The molecule has 0 radical (unpaired) electrons. The van der Waals surface area contributed by atoms with Gasteiger partial charge in [0.2, 0.25) is 15.9 Å². The number of hydrogen-bond donors (Lipinski definition) is 2. The van der Waals surface area contributed by atoms with Crippen LogP contribution in [0.4, 0.5) is 0 Å². The Balaban J connectivity index is 1.38. The van der Waals surface area contributed by atoms with E-state index < -0.39 is 16.0 Å². The molecule has 2 heterocycles. The molecular formula is C25H29N3O5S. The number of aryl methyl sites for hydroxylation is 2. The fourth-order valence-electron chi connectivity index (χ4n) is 4.42. The predicted octanol–water partition coefficient (Wildman–Crippen LogP) is 3.29. The lowest BCUT2D eigenvalue weighted by atomic mass is 9.97.